The summed E-state index contributed by atoms with van der Waals surface area (Å²) in [6.45, 7) is 6.68. The van der Waals surface area contributed by atoms with E-state index in [4.69, 9.17) is 9.47 Å². The number of nitrogens with zero attached hydrogens (tertiary/aromatic N) is 4. The van der Waals surface area contributed by atoms with Gasteiger partial charge in [-0.3, -0.25) is 14.7 Å². The number of likely N-dealkylation sites (tertiary alicyclic amines) is 1. The number of hydrogen-bond donors (Lipinski definition) is 0. The molecule has 0 bridgehead atoms. The molecule has 24 heavy (non-hydrogen) atoms. The average Bonchev–Trinajstić information content (AvgIpc) is 3.02. The third-order valence-electron chi connectivity index (χ3n) is 5.27. The highest BCUT2D eigenvalue weighted by molar-refractivity contribution is 5.92. The fourth-order valence-electron chi connectivity index (χ4n) is 4.04. The van der Waals surface area contributed by atoms with Gasteiger partial charge in [0.25, 0.3) is 5.91 Å². The molecule has 3 fully saturated rings. The molecule has 130 valence electrons. The van der Waals surface area contributed by atoms with Crippen LogP contribution in [0.25, 0.3) is 0 Å². The zero-order valence-corrected chi connectivity index (χ0v) is 14.1. The van der Waals surface area contributed by atoms with Crippen LogP contribution in [0.1, 0.15) is 29.0 Å². The van der Waals surface area contributed by atoms with Crippen molar-refractivity contribution in [1.82, 2.24) is 19.8 Å². The lowest BCUT2D eigenvalue weighted by atomic mass is 10.00. The van der Waals surface area contributed by atoms with E-state index in [2.05, 4.69) is 14.9 Å². The van der Waals surface area contributed by atoms with Crippen LogP contribution in [0.5, 0.6) is 0 Å². The number of carbonyl (C=O) groups is 1. The van der Waals surface area contributed by atoms with Gasteiger partial charge < -0.3 is 14.4 Å². The number of ether oxygens (including phenoxy) is 2. The summed E-state index contributed by atoms with van der Waals surface area (Å²) in [5, 5.41) is 0. The molecule has 7 heteroatoms. The number of amides is 1. The molecule has 3 aliphatic rings. The highest BCUT2D eigenvalue weighted by Gasteiger charge is 2.48. The van der Waals surface area contributed by atoms with Gasteiger partial charge in [0.15, 0.2) is 0 Å². The van der Waals surface area contributed by atoms with Gasteiger partial charge in [-0.1, -0.05) is 0 Å². The van der Waals surface area contributed by atoms with Crippen LogP contribution in [0.4, 0.5) is 0 Å². The molecule has 0 N–H and O–H groups in total. The third-order valence-corrected chi connectivity index (χ3v) is 5.27. The lowest BCUT2D eigenvalue weighted by Gasteiger charge is -2.37. The quantitative estimate of drug-likeness (QED) is 0.785. The predicted octanol–water partition coefficient (Wildman–Crippen LogP) is 0.489. The summed E-state index contributed by atoms with van der Waals surface area (Å²) in [6, 6.07) is 0.392. The van der Waals surface area contributed by atoms with Crippen molar-refractivity contribution in [2.24, 2.45) is 0 Å². The van der Waals surface area contributed by atoms with Crippen LogP contribution in [0, 0.1) is 6.92 Å². The molecule has 1 aromatic heterocycles. The Morgan fingerprint density at radius 3 is 2.75 bits per heavy atom. The van der Waals surface area contributed by atoms with Gasteiger partial charge in [0.05, 0.1) is 43.3 Å². The van der Waals surface area contributed by atoms with Crippen molar-refractivity contribution < 1.29 is 14.3 Å². The Morgan fingerprint density at radius 2 is 2.00 bits per heavy atom. The maximum Gasteiger partial charge on any atom is 0.274 e. The average molecular weight is 332 g/mol. The topological polar surface area (TPSA) is 67.8 Å². The van der Waals surface area contributed by atoms with E-state index < -0.39 is 0 Å². The van der Waals surface area contributed by atoms with E-state index in [1.807, 2.05) is 11.8 Å². The molecule has 3 saturated heterocycles. The van der Waals surface area contributed by atoms with Crippen LogP contribution in [0.2, 0.25) is 0 Å². The van der Waals surface area contributed by atoms with Crippen molar-refractivity contribution in [3.05, 3.63) is 23.8 Å². The van der Waals surface area contributed by atoms with Gasteiger partial charge in [-0.15, -0.1) is 0 Å². The lowest BCUT2D eigenvalue weighted by Crippen LogP contribution is -2.51. The molecule has 0 saturated carbocycles. The summed E-state index contributed by atoms with van der Waals surface area (Å²) >= 11 is 0. The largest absolute Gasteiger partial charge is 0.379 e. The van der Waals surface area contributed by atoms with Gasteiger partial charge in [-0.2, -0.15) is 0 Å². The van der Waals surface area contributed by atoms with Crippen molar-refractivity contribution in [3.8, 4) is 0 Å². The summed E-state index contributed by atoms with van der Waals surface area (Å²) in [6.07, 6.45) is 5.33. The molecular weight excluding hydrogens is 308 g/mol. The first-order chi connectivity index (χ1) is 11.7. The minimum atomic E-state index is -0.0289. The molecule has 3 aliphatic heterocycles. The van der Waals surface area contributed by atoms with Crippen molar-refractivity contribution in [2.75, 3.05) is 39.5 Å². The SMILES string of the molecule is Cc1cnc(C(=O)N2C[C@H](N3CCOCC3)[C@@H]3OCCC[C@@H]32)cn1. The first kappa shape index (κ1) is 15.9. The van der Waals surface area contributed by atoms with Crippen LogP contribution >= 0.6 is 0 Å². The number of aryl methyl sites for hydroxylation is 1. The monoisotopic (exact) mass is 332 g/mol. The van der Waals surface area contributed by atoms with Gasteiger partial charge in [-0.05, 0) is 19.8 Å². The Bertz CT molecular complexity index is 588. The number of rotatable bonds is 2. The third kappa shape index (κ3) is 2.92. The second-order valence-electron chi connectivity index (χ2n) is 6.76. The van der Waals surface area contributed by atoms with Gasteiger partial charge in [0, 0.05) is 32.4 Å². The number of morpholine rings is 1. The van der Waals surface area contributed by atoms with E-state index in [1.165, 1.54) is 0 Å². The second-order valence-corrected chi connectivity index (χ2v) is 6.76. The minimum Gasteiger partial charge on any atom is -0.379 e. The minimum absolute atomic E-state index is 0.0289. The molecule has 4 rings (SSSR count). The molecule has 7 nitrogen and oxygen atoms in total. The van der Waals surface area contributed by atoms with Crippen LogP contribution in [0.3, 0.4) is 0 Å². The maximum absolute atomic E-state index is 13.0. The Balaban J connectivity index is 1.56. The molecular formula is C17H24N4O3. The Labute approximate surface area is 142 Å². The number of fused-ring (bicyclic) bond motifs is 1. The molecule has 0 aliphatic carbocycles. The summed E-state index contributed by atoms with van der Waals surface area (Å²) < 4.78 is 11.6. The summed E-state index contributed by atoms with van der Waals surface area (Å²) in [5.74, 6) is -0.0289. The molecule has 0 spiro atoms. The molecule has 4 heterocycles. The van der Waals surface area contributed by atoms with Crippen LogP contribution in [0.15, 0.2) is 12.4 Å². The van der Waals surface area contributed by atoms with E-state index in [0.29, 0.717) is 12.2 Å². The summed E-state index contributed by atoms with van der Waals surface area (Å²) in [7, 11) is 0. The Kier molecular flexibility index (Phi) is 4.47. The van der Waals surface area contributed by atoms with E-state index >= 15 is 0 Å². The van der Waals surface area contributed by atoms with Gasteiger partial charge in [0.2, 0.25) is 0 Å². The Morgan fingerprint density at radius 1 is 1.17 bits per heavy atom. The summed E-state index contributed by atoms with van der Waals surface area (Å²) in [4.78, 5) is 25.8. The fourth-order valence-corrected chi connectivity index (χ4v) is 4.04. The van der Waals surface area contributed by atoms with Crippen LogP contribution in [-0.2, 0) is 9.47 Å². The molecule has 0 unspecified atom stereocenters. The number of carbonyl (C=O) groups excluding carboxylic acids is 1. The number of aromatic nitrogens is 2. The normalized spacial score (nSPS) is 31.0. The van der Waals surface area contributed by atoms with Crippen molar-refractivity contribution in [1.29, 1.82) is 0 Å². The molecule has 0 radical (unpaired) electrons. The molecule has 0 aromatic carbocycles. The zero-order valence-electron chi connectivity index (χ0n) is 14.1. The summed E-state index contributed by atoms with van der Waals surface area (Å²) in [5.41, 5.74) is 1.24. The fraction of sp³-hybridized carbons (Fsp3) is 0.706. The highest BCUT2D eigenvalue weighted by atomic mass is 16.5. The van der Waals surface area contributed by atoms with Gasteiger partial charge >= 0.3 is 0 Å². The van der Waals surface area contributed by atoms with E-state index in [1.54, 1.807) is 12.4 Å². The highest BCUT2D eigenvalue weighted by Crippen LogP contribution is 2.32. The van der Waals surface area contributed by atoms with E-state index in [-0.39, 0.29) is 24.1 Å². The molecule has 1 amide bonds. The first-order valence-corrected chi connectivity index (χ1v) is 8.77. The van der Waals surface area contributed by atoms with Crippen molar-refractivity contribution in [2.45, 2.75) is 38.0 Å². The van der Waals surface area contributed by atoms with Crippen LogP contribution < -0.4 is 0 Å². The van der Waals surface area contributed by atoms with E-state index in [0.717, 1.165) is 51.4 Å². The van der Waals surface area contributed by atoms with Gasteiger partial charge in [-0.25, -0.2) is 4.98 Å². The smallest absolute Gasteiger partial charge is 0.274 e. The van der Waals surface area contributed by atoms with Crippen LogP contribution in [-0.4, -0.2) is 83.3 Å². The standard InChI is InChI=1S/C17H24N4O3/c1-12-9-19-13(10-18-12)17(22)21-11-15(20-4-7-23-8-5-20)16-14(21)3-2-6-24-16/h9-10,14-16H,2-8,11H2,1H3/t14-,15-,16+/m0/s1. The molecule has 1 aromatic rings. The molecule has 3 atom stereocenters. The van der Waals surface area contributed by atoms with E-state index in [9.17, 15) is 4.79 Å². The lowest BCUT2D eigenvalue weighted by molar-refractivity contribution is -0.0579. The van der Waals surface area contributed by atoms with Crippen molar-refractivity contribution in [3.63, 3.8) is 0 Å². The Hall–Kier alpha value is -1.57. The predicted molar refractivity (Wildman–Crippen MR) is 86.7 cm³/mol. The number of hydrogen-bond acceptors (Lipinski definition) is 6. The first-order valence-electron chi connectivity index (χ1n) is 8.77. The van der Waals surface area contributed by atoms with Crippen molar-refractivity contribution >= 4 is 5.91 Å². The maximum atomic E-state index is 13.0. The zero-order chi connectivity index (χ0) is 16.5. The van der Waals surface area contributed by atoms with Gasteiger partial charge in [0.1, 0.15) is 5.69 Å². The second kappa shape index (κ2) is 6.74.